The lowest BCUT2D eigenvalue weighted by Gasteiger charge is -2.13. The highest BCUT2D eigenvalue weighted by Gasteiger charge is 2.13. The molecule has 0 aliphatic carbocycles. The Morgan fingerprint density at radius 2 is 1.89 bits per heavy atom. The molecule has 100 valence electrons. The van der Waals surface area contributed by atoms with Crippen molar-refractivity contribution < 1.29 is 14.2 Å². The second-order valence-corrected chi connectivity index (χ2v) is 4.64. The van der Waals surface area contributed by atoms with Crippen LogP contribution in [0.3, 0.4) is 0 Å². The Labute approximate surface area is 116 Å². The summed E-state index contributed by atoms with van der Waals surface area (Å²) < 4.78 is 18.2. The molecule has 2 aromatic rings. The number of aliphatic hydroxyl groups excluding tert-OH is 1. The summed E-state index contributed by atoms with van der Waals surface area (Å²) in [6.07, 6.45) is -0.468. The van der Waals surface area contributed by atoms with Gasteiger partial charge in [0, 0.05) is 17.0 Å². The monoisotopic (exact) mass is 280 g/mol. The summed E-state index contributed by atoms with van der Waals surface area (Å²) in [6.45, 7) is 0. The first kappa shape index (κ1) is 13.8. The minimum Gasteiger partial charge on any atom is -0.497 e. The van der Waals surface area contributed by atoms with Gasteiger partial charge in [-0.2, -0.15) is 0 Å². The zero-order chi connectivity index (χ0) is 13.8. The molecule has 0 aliphatic rings. The standard InChI is InChI=1S/C15H14ClFO2/c1-19-12-5-2-10(3-6-12)8-15(18)13-9-11(17)4-7-14(13)16/h2-7,9,15,18H,8H2,1H3. The number of methoxy groups -OCH3 is 1. The number of rotatable bonds is 4. The number of hydrogen-bond donors (Lipinski definition) is 1. The average molecular weight is 281 g/mol. The fraction of sp³-hybridized carbons (Fsp3) is 0.200. The van der Waals surface area contributed by atoms with Crippen LogP contribution in [0, 0.1) is 5.82 Å². The van der Waals surface area contributed by atoms with Crippen molar-refractivity contribution in [2.24, 2.45) is 0 Å². The second kappa shape index (κ2) is 6.04. The van der Waals surface area contributed by atoms with Crippen LogP contribution in [-0.4, -0.2) is 12.2 Å². The first-order valence-corrected chi connectivity index (χ1v) is 6.24. The highest BCUT2D eigenvalue weighted by molar-refractivity contribution is 6.31. The van der Waals surface area contributed by atoms with E-state index in [1.54, 1.807) is 7.11 Å². The van der Waals surface area contributed by atoms with E-state index >= 15 is 0 Å². The normalized spacial score (nSPS) is 12.2. The van der Waals surface area contributed by atoms with Gasteiger partial charge in [0.05, 0.1) is 13.2 Å². The minimum atomic E-state index is -0.836. The third-order valence-electron chi connectivity index (χ3n) is 2.91. The Morgan fingerprint density at radius 1 is 1.21 bits per heavy atom. The first-order valence-electron chi connectivity index (χ1n) is 5.86. The molecule has 0 aromatic heterocycles. The van der Waals surface area contributed by atoms with Crippen molar-refractivity contribution in [3.8, 4) is 5.75 Å². The van der Waals surface area contributed by atoms with Crippen molar-refractivity contribution in [3.63, 3.8) is 0 Å². The zero-order valence-corrected chi connectivity index (χ0v) is 11.2. The molecule has 0 saturated heterocycles. The van der Waals surface area contributed by atoms with E-state index in [0.717, 1.165) is 11.3 Å². The van der Waals surface area contributed by atoms with Crippen LogP contribution in [0.15, 0.2) is 42.5 Å². The quantitative estimate of drug-likeness (QED) is 0.924. The van der Waals surface area contributed by atoms with Gasteiger partial charge >= 0.3 is 0 Å². The predicted molar refractivity (Wildman–Crippen MR) is 73.1 cm³/mol. The lowest BCUT2D eigenvalue weighted by atomic mass is 10.0. The van der Waals surface area contributed by atoms with Gasteiger partial charge in [-0.25, -0.2) is 4.39 Å². The molecule has 0 bridgehead atoms. The maximum absolute atomic E-state index is 13.2. The lowest BCUT2D eigenvalue weighted by Crippen LogP contribution is -2.03. The van der Waals surface area contributed by atoms with E-state index in [-0.39, 0.29) is 0 Å². The maximum atomic E-state index is 13.2. The van der Waals surface area contributed by atoms with E-state index in [1.165, 1.54) is 18.2 Å². The predicted octanol–water partition coefficient (Wildman–Crippen LogP) is 3.76. The van der Waals surface area contributed by atoms with Gasteiger partial charge in [0.15, 0.2) is 0 Å². The molecule has 2 rings (SSSR count). The van der Waals surface area contributed by atoms with Crippen molar-refractivity contribution in [2.75, 3.05) is 7.11 Å². The molecule has 0 fully saturated rings. The maximum Gasteiger partial charge on any atom is 0.123 e. The number of halogens is 2. The molecular weight excluding hydrogens is 267 g/mol. The van der Waals surface area contributed by atoms with E-state index in [0.29, 0.717) is 17.0 Å². The third-order valence-corrected chi connectivity index (χ3v) is 3.25. The highest BCUT2D eigenvalue weighted by atomic mass is 35.5. The van der Waals surface area contributed by atoms with Crippen LogP contribution >= 0.6 is 11.6 Å². The molecule has 0 aliphatic heterocycles. The fourth-order valence-corrected chi connectivity index (χ4v) is 2.11. The summed E-state index contributed by atoms with van der Waals surface area (Å²) in [5.41, 5.74) is 1.33. The summed E-state index contributed by atoms with van der Waals surface area (Å²) in [5, 5.41) is 10.5. The Hall–Kier alpha value is -1.58. The van der Waals surface area contributed by atoms with Gasteiger partial charge in [-0.05, 0) is 35.9 Å². The summed E-state index contributed by atoms with van der Waals surface area (Å²) in [5.74, 6) is 0.343. The van der Waals surface area contributed by atoms with E-state index in [2.05, 4.69) is 0 Å². The number of hydrogen-bond acceptors (Lipinski definition) is 2. The molecular formula is C15H14ClFO2. The molecule has 4 heteroatoms. The van der Waals surface area contributed by atoms with Crippen molar-refractivity contribution in [1.29, 1.82) is 0 Å². The number of benzene rings is 2. The molecule has 0 spiro atoms. The van der Waals surface area contributed by atoms with Crippen molar-refractivity contribution in [1.82, 2.24) is 0 Å². The molecule has 0 saturated carbocycles. The number of ether oxygens (including phenoxy) is 1. The molecule has 1 atom stereocenters. The van der Waals surface area contributed by atoms with Gasteiger partial charge in [-0.15, -0.1) is 0 Å². The summed E-state index contributed by atoms with van der Waals surface area (Å²) in [4.78, 5) is 0. The van der Waals surface area contributed by atoms with Crippen LogP contribution in [0.25, 0.3) is 0 Å². The zero-order valence-electron chi connectivity index (χ0n) is 10.4. The van der Waals surface area contributed by atoms with Crippen LogP contribution in [0.2, 0.25) is 5.02 Å². The Bertz CT molecular complexity index is 555. The van der Waals surface area contributed by atoms with Crippen LogP contribution in [0.1, 0.15) is 17.2 Å². The first-order chi connectivity index (χ1) is 9.10. The fourth-order valence-electron chi connectivity index (χ4n) is 1.86. The van der Waals surface area contributed by atoms with Crippen LogP contribution in [-0.2, 0) is 6.42 Å². The molecule has 19 heavy (non-hydrogen) atoms. The Balaban J connectivity index is 2.15. The molecule has 2 aromatic carbocycles. The highest BCUT2D eigenvalue weighted by Crippen LogP contribution is 2.27. The number of aliphatic hydroxyl groups is 1. The second-order valence-electron chi connectivity index (χ2n) is 4.23. The van der Waals surface area contributed by atoms with Gasteiger partial charge < -0.3 is 9.84 Å². The summed E-state index contributed by atoms with van der Waals surface area (Å²) in [6, 6.07) is 11.3. The van der Waals surface area contributed by atoms with Crippen molar-refractivity contribution >= 4 is 11.6 Å². The van der Waals surface area contributed by atoms with E-state index < -0.39 is 11.9 Å². The third kappa shape index (κ3) is 3.46. The minimum absolute atomic E-state index is 0.363. The molecule has 2 nitrogen and oxygen atoms in total. The van der Waals surface area contributed by atoms with Crippen LogP contribution in [0.5, 0.6) is 5.75 Å². The molecule has 0 amide bonds. The van der Waals surface area contributed by atoms with Crippen LogP contribution in [0.4, 0.5) is 4.39 Å². The molecule has 1 unspecified atom stereocenters. The Kier molecular flexibility index (Phi) is 4.40. The largest absolute Gasteiger partial charge is 0.497 e. The average Bonchev–Trinajstić information content (AvgIpc) is 2.42. The smallest absolute Gasteiger partial charge is 0.123 e. The van der Waals surface area contributed by atoms with Crippen molar-refractivity contribution in [2.45, 2.75) is 12.5 Å². The molecule has 0 heterocycles. The summed E-state index contributed by atoms with van der Waals surface area (Å²) >= 11 is 5.96. The topological polar surface area (TPSA) is 29.5 Å². The van der Waals surface area contributed by atoms with Gasteiger partial charge in [-0.3, -0.25) is 0 Å². The molecule has 0 radical (unpaired) electrons. The summed E-state index contributed by atoms with van der Waals surface area (Å²) in [7, 11) is 1.59. The van der Waals surface area contributed by atoms with Gasteiger partial charge in [-0.1, -0.05) is 23.7 Å². The van der Waals surface area contributed by atoms with E-state index in [9.17, 15) is 9.50 Å². The van der Waals surface area contributed by atoms with Crippen molar-refractivity contribution in [3.05, 3.63) is 64.4 Å². The lowest BCUT2D eigenvalue weighted by molar-refractivity contribution is 0.178. The van der Waals surface area contributed by atoms with Gasteiger partial charge in [0.1, 0.15) is 11.6 Å². The van der Waals surface area contributed by atoms with Gasteiger partial charge in [0.25, 0.3) is 0 Å². The van der Waals surface area contributed by atoms with E-state index in [1.807, 2.05) is 24.3 Å². The van der Waals surface area contributed by atoms with Gasteiger partial charge in [0.2, 0.25) is 0 Å². The SMILES string of the molecule is COc1ccc(CC(O)c2cc(F)ccc2Cl)cc1. The van der Waals surface area contributed by atoms with Crippen LogP contribution < -0.4 is 4.74 Å². The molecule has 1 N–H and O–H groups in total. The Morgan fingerprint density at radius 3 is 2.53 bits per heavy atom. The van der Waals surface area contributed by atoms with E-state index in [4.69, 9.17) is 16.3 Å².